The number of nitrogens with zero attached hydrogens (tertiary/aromatic N) is 4. The van der Waals surface area contributed by atoms with Gasteiger partial charge in [-0.05, 0) is 102 Å². The molecule has 1 atom stereocenters. The lowest BCUT2D eigenvalue weighted by atomic mass is 9.92. The number of carbonyl (C=O) groups is 2. The third kappa shape index (κ3) is 7.41. The second-order valence-corrected chi connectivity index (χ2v) is 16.2. The smallest absolute Gasteiger partial charge is 0.260 e. The lowest BCUT2D eigenvalue weighted by molar-refractivity contribution is 0.0193. The number of anilines is 1. The maximum absolute atomic E-state index is 15.3. The van der Waals surface area contributed by atoms with Gasteiger partial charge in [0.05, 0.1) is 30.9 Å². The van der Waals surface area contributed by atoms with Crippen LogP contribution in [-0.4, -0.2) is 77.0 Å². The number of hydrogen-bond donors (Lipinski definition) is 1. The highest BCUT2D eigenvalue weighted by molar-refractivity contribution is 6.09. The summed E-state index contributed by atoms with van der Waals surface area (Å²) in [6, 6.07) is 39.5. The Balaban J connectivity index is 1.05. The van der Waals surface area contributed by atoms with E-state index in [-0.39, 0.29) is 30.4 Å². The van der Waals surface area contributed by atoms with Gasteiger partial charge in [0.2, 0.25) is 6.79 Å². The van der Waals surface area contributed by atoms with Crippen LogP contribution in [0, 0.1) is 0 Å². The number of aromatic nitrogens is 1. The second kappa shape index (κ2) is 16.4. The van der Waals surface area contributed by atoms with Gasteiger partial charge in [-0.15, -0.1) is 0 Å². The van der Waals surface area contributed by atoms with Crippen LogP contribution in [0.3, 0.4) is 0 Å². The van der Waals surface area contributed by atoms with E-state index in [0.717, 1.165) is 91.1 Å². The Morgan fingerprint density at radius 1 is 0.733 bits per heavy atom. The van der Waals surface area contributed by atoms with Crippen molar-refractivity contribution >= 4 is 17.5 Å². The molecule has 0 aliphatic carbocycles. The maximum Gasteiger partial charge on any atom is 0.260 e. The van der Waals surface area contributed by atoms with E-state index in [2.05, 4.69) is 51.9 Å². The van der Waals surface area contributed by atoms with Crippen molar-refractivity contribution in [3.05, 3.63) is 155 Å². The third-order valence-electron chi connectivity index (χ3n) is 12.5. The Bertz CT molecular complexity index is 2540. The fraction of sp³-hybridized carbons (Fsp3) is 0.280. The highest BCUT2D eigenvalue weighted by atomic mass is 16.7. The SMILES string of the molecule is O=C(c1cc(-c2cc3c(cc2C(=O)N2Cc4ccccc4CC2CN2CCOCC2)OCO3)n2c1CCCC2)N(Cc1cccc(-c2ccccc2)c1)c1ccc(O)cc1. The normalized spacial score (nSPS) is 17.2. The molecule has 4 aliphatic heterocycles. The van der Waals surface area contributed by atoms with Gasteiger partial charge in [-0.1, -0.05) is 72.8 Å². The molecule has 4 aliphatic rings. The molecule has 1 aromatic heterocycles. The van der Waals surface area contributed by atoms with Crippen LogP contribution in [0.1, 0.15) is 55.9 Å². The summed E-state index contributed by atoms with van der Waals surface area (Å²) in [6.07, 6.45) is 3.39. The fourth-order valence-electron chi connectivity index (χ4n) is 9.36. The van der Waals surface area contributed by atoms with E-state index >= 15 is 9.59 Å². The second-order valence-electron chi connectivity index (χ2n) is 16.2. The molecule has 6 aromatic rings. The molecule has 60 heavy (non-hydrogen) atoms. The minimum atomic E-state index is -0.144. The van der Waals surface area contributed by atoms with Crippen molar-refractivity contribution in [2.75, 3.05) is 44.5 Å². The summed E-state index contributed by atoms with van der Waals surface area (Å²) < 4.78 is 19.8. The molecular weight excluding hydrogens is 753 g/mol. The summed E-state index contributed by atoms with van der Waals surface area (Å²) in [7, 11) is 0. The Morgan fingerprint density at radius 3 is 2.30 bits per heavy atom. The maximum atomic E-state index is 15.3. The number of ether oxygens (including phenoxy) is 3. The number of benzene rings is 5. The largest absolute Gasteiger partial charge is 0.508 e. The number of amides is 2. The summed E-state index contributed by atoms with van der Waals surface area (Å²) >= 11 is 0. The molecule has 0 spiro atoms. The zero-order valence-corrected chi connectivity index (χ0v) is 33.6. The Morgan fingerprint density at radius 2 is 1.48 bits per heavy atom. The number of carbonyl (C=O) groups excluding carboxylic acids is 2. The van der Waals surface area contributed by atoms with Gasteiger partial charge in [-0.3, -0.25) is 14.5 Å². The Hall–Kier alpha value is -6.36. The monoisotopic (exact) mass is 800 g/mol. The van der Waals surface area contributed by atoms with Crippen molar-refractivity contribution in [1.29, 1.82) is 0 Å². The van der Waals surface area contributed by atoms with E-state index in [4.69, 9.17) is 14.2 Å². The van der Waals surface area contributed by atoms with Crippen LogP contribution >= 0.6 is 0 Å². The molecule has 10 heteroatoms. The molecule has 5 heterocycles. The molecule has 0 saturated carbocycles. The van der Waals surface area contributed by atoms with Crippen LogP contribution in [-0.2, 0) is 37.2 Å². The number of rotatable bonds is 9. The molecule has 1 unspecified atom stereocenters. The molecular formula is C50H48N4O6. The molecule has 304 valence electrons. The van der Waals surface area contributed by atoms with Crippen molar-refractivity contribution in [2.45, 2.75) is 51.4 Å². The number of phenols is 1. The first-order valence-electron chi connectivity index (χ1n) is 21.1. The zero-order chi connectivity index (χ0) is 40.6. The van der Waals surface area contributed by atoms with Crippen molar-refractivity contribution in [3.63, 3.8) is 0 Å². The molecule has 1 saturated heterocycles. The Kier molecular flexibility index (Phi) is 10.3. The Labute approximate surface area is 350 Å². The number of fused-ring (bicyclic) bond motifs is 3. The summed E-state index contributed by atoms with van der Waals surface area (Å²) in [5.74, 6) is 1.04. The molecule has 2 amide bonds. The quantitative estimate of drug-likeness (QED) is 0.157. The number of hydrogen-bond acceptors (Lipinski definition) is 7. The topological polar surface area (TPSA) is 96.7 Å². The first-order valence-corrected chi connectivity index (χ1v) is 21.1. The van der Waals surface area contributed by atoms with Gasteiger partial charge in [0.15, 0.2) is 11.5 Å². The lowest BCUT2D eigenvalue weighted by Crippen LogP contribution is -2.52. The van der Waals surface area contributed by atoms with Gasteiger partial charge < -0.3 is 33.7 Å². The van der Waals surface area contributed by atoms with Crippen LogP contribution in [0.5, 0.6) is 17.2 Å². The van der Waals surface area contributed by atoms with E-state index in [1.807, 2.05) is 59.5 Å². The van der Waals surface area contributed by atoms with Crippen molar-refractivity contribution in [2.24, 2.45) is 0 Å². The van der Waals surface area contributed by atoms with Crippen LogP contribution < -0.4 is 14.4 Å². The summed E-state index contributed by atoms with van der Waals surface area (Å²) in [5.41, 5.74) is 9.88. The van der Waals surface area contributed by atoms with Gasteiger partial charge in [-0.25, -0.2) is 0 Å². The van der Waals surface area contributed by atoms with E-state index in [1.165, 1.54) is 5.56 Å². The molecule has 1 fully saturated rings. The molecule has 1 N–H and O–H groups in total. The van der Waals surface area contributed by atoms with Crippen LogP contribution in [0.25, 0.3) is 22.4 Å². The highest BCUT2D eigenvalue weighted by Gasteiger charge is 2.36. The number of morpholine rings is 1. The first kappa shape index (κ1) is 37.9. The predicted molar refractivity (Wildman–Crippen MR) is 230 cm³/mol. The van der Waals surface area contributed by atoms with Gasteiger partial charge in [0.1, 0.15) is 5.75 Å². The minimum Gasteiger partial charge on any atom is -0.508 e. The van der Waals surface area contributed by atoms with Crippen LogP contribution in [0.4, 0.5) is 5.69 Å². The van der Waals surface area contributed by atoms with Gasteiger partial charge in [0, 0.05) is 61.4 Å². The standard InChI is InChI=1S/C50H48N4O6/c55-41-18-16-39(17-19-41)53(30-34-9-8-14-36(25-34)35-10-2-1-3-11-35)50(57)44-27-46(52-20-7-6-15-45(44)52)42-28-47-48(60-33-59-47)29-43(42)49(56)54-31-38-13-5-4-12-37(38)26-40(54)32-51-21-23-58-24-22-51/h1-5,8-14,16-19,25,27-29,40,55H,6-7,15,20-24,26,30-33H2. The average Bonchev–Trinajstić information content (AvgIpc) is 3.93. The molecule has 10 nitrogen and oxygen atoms in total. The summed E-state index contributed by atoms with van der Waals surface area (Å²) in [4.78, 5) is 36.8. The van der Waals surface area contributed by atoms with E-state index in [9.17, 15) is 5.11 Å². The van der Waals surface area contributed by atoms with Crippen LogP contribution in [0.15, 0.2) is 121 Å². The zero-order valence-electron chi connectivity index (χ0n) is 33.6. The molecule has 5 aromatic carbocycles. The van der Waals surface area contributed by atoms with Gasteiger partial charge in [0.25, 0.3) is 11.8 Å². The molecule has 0 radical (unpaired) electrons. The number of phenolic OH excluding ortho intramolecular Hbond substituents is 1. The fourth-order valence-corrected chi connectivity index (χ4v) is 9.36. The summed E-state index contributed by atoms with van der Waals surface area (Å²) in [5, 5.41) is 10.2. The first-order chi connectivity index (χ1) is 29.5. The van der Waals surface area contributed by atoms with Crippen molar-refractivity contribution in [1.82, 2.24) is 14.4 Å². The van der Waals surface area contributed by atoms with Gasteiger partial charge in [-0.2, -0.15) is 0 Å². The van der Waals surface area contributed by atoms with E-state index in [0.29, 0.717) is 54.6 Å². The average molecular weight is 801 g/mol. The van der Waals surface area contributed by atoms with E-state index in [1.54, 1.807) is 29.2 Å². The third-order valence-corrected chi connectivity index (χ3v) is 12.5. The minimum absolute atomic E-state index is 0.0404. The van der Waals surface area contributed by atoms with Gasteiger partial charge >= 0.3 is 0 Å². The summed E-state index contributed by atoms with van der Waals surface area (Å²) in [6.45, 7) is 5.41. The van der Waals surface area contributed by atoms with Crippen LogP contribution in [0.2, 0.25) is 0 Å². The molecule has 0 bridgehead atoms. The van der Waals surface area contributed by atoms with E-state index < -0.39 is 0 Å². The van der Waals surface area contributed by atoms with Crippen molar-refractivity contribution in [3.8, 4) is 39.6 Å². The lowest BCUT2D eigenvalue weighted by Gasteiger charge is -2.40. The van der Waals surface area contributed by atoms with Crippen molar-refractivity contribution < 1.29 is 28.9 Å². The number of aromatic hydroxyl groups is 1. The predicted octanol–water partition coefficient (Wildman–Crippen LogP) is 8.34. The molecule has 10 rings (SSSR count). The highest BCUT2D eigenvalue weighted by Crippen LogP contribution is 2.43.